The number of aliphatic hydroxyl groups is 6. The molecular formula is C48H60N2O17P+. The number of carbonyl (C=O) groups excluding carboxylic acids is 4. The molecule has 0 bridgehead atoms. The summed E-state index contributed by atoms with van der Waals surface area (Å²) in [6.45, 7) is -2.78. The molecule has 4 rings (SSSR count). The summed E-state index contributed by atoms with van der Waals surface area (Å²) >= 11 is 0. The number of rotatable bonds is 30. The van der Waals surface area contributed by atoms with Gasteiger partial charge in [0.05, 0.1) is 64.0 Å². The highest BCUT2D eigenvalue weighted by Crippen LogP contribution is 2.31. The molecule has 0 aliphatic rings. The van der Waals surface area contributed by atoms with Gasteiger partial charge >= 0.3 is 20.2 Å². The highest BCUT2D eigenvalue weighted by atomic mass is 31.1. The van der Waals surface area contributed by atoms with E-state index in [1.54, 1.807) is 48.5 Å². The van der Waals surface area contributed by atoms with Crippen molar-refractivity contribution in [3.63, 3.8) is 0 Å². The van der Waals surface area contributed by atoms with Gasteiger partial charge in [0.1, 0.15) is 34.1 Å². The van der Waals surface area contributed by atoms with Crippen molar-refractivity contribution in [1.29, 1.82) is 0 Å². The topological polar surface area (TPSA) is 308 Å². The van der Waals surface area contributed by atoms with Crippen molar-refractivity contribution in [2.75, 3.05) is 52.9 Å². The molecule has 0 saturated carbocycles. The maximum atomic E-state index is 12.9. The normalized spacial score (nSPS) is 11.4. The van der Waals surface area contributed by atoms with Crippen LogP contribution in [-0.2, 0) is 36.0 Å². The molecule has 19 nitrogen and oxygen atoms in total. The number of aliphatic hydroxyl groups excluding tert-OH is 6. The van der Waals surface area contributed by atoms with Crippen molar-refractivity contribution < 1.29 is 83.1 Å². The minimum absolute atomic E-state index is 0.0552. The molecule has 0 aliphatic carbocycles. The average molecular weight is 968 g/mol. The van der Waals surface area contributed by atoms with Gasteiger partial charge in [-0.05, 0) is 121 Å². The Hall–Kier alpha value is -6.18. The minimum atomic E-state index is -3.27. The SMILES string of the molecule is O=C(CCCCCOc1ccc(Cc2cc(C(=O)O[P+](=O)OC(=O)c3ccc(O)c(Cc4ccc(OCCCCCC(=O)NC(CO)(CO)CO)cc4)c3)ccc2O)cc1)NC(CO)(CO)CO. The Kier molecular flexibility index (Phi) is 22.1. The Morgan fingerprint density at radius 3 is 1.18 bits per heavy atom. The van der Waals surface area contributed by atoms with E-state index in [0.29, 0.717) is 74.4 Å². The zero-order valence-corrected chi connectivity index (χ0v) is 38.4. The highest BCUT2D eigenvalue weighted by Gasteiger charge is 2.34. The van der Waals surface area contributed by atoms with Crippen LogP contribution in [0.2, 0.25) is 0 Å². The second kappa shape index (κ2) is 27.6. The Morgan fingerprint density at radius 2 is 0.838 bits per heavy atom. The molecule has 0 spiro atoms. The van der Waals surface area contributed by atoms with Crippen molar-refractivity contribution in [2.45, 2.75) is 75.3 Å². The quantitative estimate of drug-likeness (QED) is 0.0264. The number of phenols is 2. The van der Waals surface area contributed by atoms with Crippen molar-refractivity contribution in [1.82, 2.24) is 10.6 Å². The van der Waals surface area contributed by atoms with Crippen LogP contribution in [0.15, 0.2) is 84.9 Å². The molecule has 68 heavy (non-hydrogen) atoms. The number of unbranched alkanes of at least 4 members (excludes halogenated alkanes) is 4. The van der Waals surface area contributed by atoms with E-state index in [1.165, 1.54) is 36.4 Å². The third-order valence-corrected chi connectivity index (χ3v) is 11.5. The first-order valence-corrected chi connectivity index (χ1v) is 23.1. The van der Waals surface area contributed by atoms with Crippen LogP contribution in [0.5, 0.6) is 23.0 Å². The third kappa shape index (κ3) is 17.2. The summed E-state index contributed by atoms with van der Waals surface area (Å²) in [4.78, 5) is 50.1. The summed E-state index contributed by atoms with van der Waals surface area (Å²) in [6.07, 6.45) is 4.47. The molecule has 0 atom stereocenters. The van der Waals surface area contributed by atoms with E-state index in [9.17, 15) is 64.6 Å². The smallest absolute Gasteiger partial charge is 0.508 e. The zero-order chi connectivity index (χ0) is 49.5. The fraction of sp³-hybridized carbons (Fsp3) is 0.417. The minimum Gasteiger partial charge on any atom is -0.508 e. The maximum absolute atomic E-state index is 12.9. The molecule has 20 heteroatoms. The summed E-state index contributed by atoms with van der Waals surface area (Å²) in [7, 11) is -3.27. The molecule has 0 unspecified atom stereocenters. The van der Waals surface area contributed by atoms with E-state index in [-0.39, 0.29) is 60.1 Å². The van der Waals surface area contributed by atoms with Crippen LogP contribution in [-0.4, -0.2) is 129 Å². The number of amides is 2. The number of hydrogen-bond acceptors (Lipinski definition) is 17. The monoisotopic (exact) mass is 967 g/mol. The number of nitrogens with one attached hydrogen (secondary N) is 2. The van der Waals surface area contributed by atoms with Crippen LogP contribution in [0.25, 0.3) is 0 Å². The van der Waals surface area contributed by atoms with Gasteiger partial charge in [-0.1, -0.05) is 24.3 Å². The molecule has 10 N–H and O–H groups in total. The predicted molar refractivity (Wildman–Crippen MR) is 245 cm³/mol. The summed E-state index contributed by atoms with van der Waals surface area (Å²) in [5.41, 5.74) is -0.758. The van der Waals surface area contributed by atoms with E-state index in [1.807, 2.05) is 0 Å². The van der Waals surface area contributed by atoms with Gasteiger partial charge in [-0.2, -0.15) is 9.05 Å². The molecule has 2 amide bonds. The molecule has 0 aliphatic heterocycles. The van der Waals surface area contributed by atoms with Crippen LogP contribution in [0.4, 0.5) is 0 Å². The Morgan fingerprint density at radius 1 is 0.485 bits per heavy atom. The van der Waals surface area contributed by atoms with Crippen molar-refractivity contribution >= 4 is 32.0 Å². The molecular weight excluding hydrogens is 907 g/mol. The molecule has 0 radical (unpaired) electrons. The third-order valence-electron chi connectivity index (χ3n) is 10.8. The Balaban J connectivity index is 1.18. The second-order valence-electron chi connectivity index (χ2n) is 16.2. The number of hydrogen-bond donors (Lipinski definition) is 10. The lowest BCUT2D eigenvalue weighted by Gasteiger charge is -2.28. The zero-order valence-electron chi connectivity index (χ0n) is 37.5. The number of aromatic hydroxyl groups is 2. The average Bonchev–Trinajstić information content (AvgIpc) is 3.34. The predicted octanol–water partition coefficient (Wildman–Crippen LogP) is 3.49. The van der Waals surface area contributed by atoms with E-state index < -0.39 is 70.9 Å². The number of ether oxygens (including phenoxy) is 2. The number of carbonyl (C=O) groups is 4. The Bertz CT molecular complexity index is 2090. The van der Waals surface area contributed by atoms with E-state index in [4.69, 9.17) is 18.5 Å². The van der Waals surface area contributed by atoms with Crippen LogP contribution in [0.3, 0.4) is 0 Å². The number of benzene rings is 4. The van der Waals surface area contributed by atoms with E-state index in [0.717, 1.165) is 11.1 Å². The fourth-order valence-corrected chi connectivity index (χ4v) is 7.10. The largest absolute Gasteiger partial charge is 0.812 e. The van der Waals surface area contributed by atoms with Crippen molar-refractivity contribution in [3.05, 3.63) is 118 Å². The number of phenolic OH excluding ortho intramolecular Hbond substituents is 2. The lowest BCUT2D eigenvalue weighted by Crippen LogP contribution is -2.57. The van der Waals surface area contributed by atoms with Crippen molar-refractivity contribution in [2.24, 2.45) is 0 Å². The molecule has 368 valence electrons. The fourth-order valence-electron chi connectivity index (χ4n) is 6.58. The summed E-state index contributed by atoms with van der Waals surface area (Å²) in [6, 6.07) is 21.9. The molecule has 0 aromatic heterocycles. The van der Waals surface area contributed by atoms with Gasteiger partial charge in [0.2, 0.25) is 11.8 Å². The lowest BCUT2D eigenvalue weighted by molar-refractivity contribution is -0.126. The first-order valence-electron chi connectivity index (χ1n) is 22.0. The van der Waals surface area contributed by atoms with Gasteiger partial charge in [-0.15, -0.1) is 0 Å². The standard InChI is InChI=1S/C48H59N2O17P/c51-27-47(28-52,29-53)49-43(59)7-3-1-5-21-64-39-15-9-33(10-16-39)23-37-25-35(13-19-41(37)57)45(61)66-68(63)67-46(62)36-14-20-42(58)38(26-36)24-34-11-17-40(18-12-34)65-22-6-2-4-8-44(60)50-48(30-54,31-55)32-56/h9-20,25-26,51-56H,1-8,21-24,27-32H2,(H3-,49,50,57,58,59,60,61,62)/p+1. The van der Waals surface area contributed by atoms with Gasteiger partial charge in [0.15, 0.2) is 0 Å². The summed E-state index contributed by atoms with van der Waals surface area (Å²) in [5.74, 6) is -1.93. The van der Waals surface area contributed by atoms with E-state index in [2.05, 4.69) is 10.6 Å². The molecule has 4 aromatic carbocycles. The van der Waals surface area contributed by atoms with Gasteiger partial charge in [-0.25, -0.2) is 9.59 Å². The van der Waals surface area contributed by atoms with Gasteiger partial charge < -0.3 is 61.0 Å². The maximum Gasteiger partial charge on any atom is 0.812 e. The summed E-state index contributed by atoms with van der Waals surface area (Å²) in [5, 5.41) is 82.1. The second-order valence-corrected chi connectivity index (χ2v) is 17.0. The summed E-state index contributed by atoms with van der Waals surface area (Å²) < 4.78 is 34.1. The molecule has 4 aromatic rings. The molecule has 0 saturated heterocycles. The molecule has 0 fully saturated rings. The van der Waals surface area contributed by atoms with Crippen LogP contribution < -0.4 is 20.1 Å². The van der Waals surface area contributed by atoms with Gasteiger partial charge in [0.25, 0.3) is 0 Å². The van der Waals surface area contributed by atoms with Crippen LogP contribution in [0.1, 0.15) is 94.3 Å². The van der Waals surface area contributed by atoms with Crippen LogP contribution in [0, 0.1) is 0 Å². The van der Waals surface area contributed by atoms with E-state index >= 15 is 0 Å². The highest BCUT2D eigenvalue weighted by molar-refractivity contribution is 7.34. The van der Waals surface area contributed by atoms with Gasteiger partial charge in [0, 0.05) is 30.2 Å². The molecule has 0 heterocycles. The van der Waals surface area contributed by atoms with Gasteiger partial charge in [-0.3, -0.25) is 9.59 Å². The Labute approximate surface area is 394 Å². The van der Waals surface area contributed by atoms with Crippen LogP contribution >= 0.6 is 8.25 Å². The lowest BCUT2D eigenvalue weighted by atomic mass is 10.0. The van der Waals surface area contributed by atoms with Crippen molar-refractivity contribution in [3.8, 4) is 23.0 Å². The first kappa shape index (κ1) is 54.4. The first-order chi connectivity index (χ1) is 32.7.